The van der Waals surface area contributed by atoms with Crippen LogP contribution in [0.15, 0.2) is 35.7 Å². The van der Waals surface area contributed by atoms with E-state index >= 15 is 0 Å². The predicted octanol–water partition coefficient (Wildman–Crippen LogP) is 2.89. The molecule has 1 aromatic carbocycles. The molecule has 0 saturated heterocycles. The maximum Gasteiger partial charge on any atom is 0.131 e. The first-order valence-electron chi connectivity index (χ1n) is 6.03. The van der Waals surface area contributed by atoms with Crippen molar-refractivity contribution in [1.82, 2.24) is 5.32 Å². The number of aliphatic hydroxyl groups is 1. The molecule has 19 heavy (non-hydrogen) atoms. The monoisotopic (exact) mass is 283 g/mol. The molecule has 2 nitrogen and oxygen atoms in total. The fraction of sp³-hybridized carbons (Fsp3) is 0.286. The van der Waals surface area contributed by atoms with Gasteiger partial charge in [-0.25, -0.2) is 8.78 Å². The topological polar surface area (TPSA) is 32.3 Å². The van der Waals surface area contributed by atoms with Gasteiger partial charge in [-0.2, -0.15) is 0 Å². The highest BCUT2D eigenvalue weighted by Gasteiger charge is 2.12. The van der Waals surface area contributed by atoms with Crippen LogP contribution in [0, 0.1) is 11.6 Å². The van der Waals surface area contributed by atoms with Crippen molar-refractivity contribution < 1.29 is 13.9 Å². The van der Waals surface area contributed by atoms with Crippen LogP contribution in [0.3, 0.4) is 0 Å². The summed E-state index contributed by atoms with van der Waals surface area (Å²) in [5.74, 6) is -1.35. The van der Waals surface area contributed by atoms with E-state index in [2.05, 4.69) is 5.32 Å². The fourth-order valence-corrected chi connectivity index (χ4v) is 2.50. The number of benzene rings is 1. The number of aliphatic hydroxyl groups excluding tert-OH is 1. The predicted molar refractivity (Wildman–Crippen MR) is 72.2 cm³/mol. The molecular formula is C14H15F2NOS. The van der Waals surface area contributed by atoms with E-state index < -0.39 is 17.7 Å². The van der Waals surface area contributed by atoms with Crippen LogP contribution < -0.4 is 5.32 Å². The smallest absolute Gasteiger partial charge is 0.131 e. The SMILES string of the molecule is OC(CNCCc1cccs1)c1ccc(F)cc1F. The summed E-state index contributed by atoms with van der Waals surface area (Å²) < 4.78 is 26.1. The molecule has 0 radical (unpaired) electrons. The van der Waals surface area contributed by atoms with E-state index in [9.17, 15) is 13.9 Å². The Labute approximate surface area is 114 Å². The van der Waals surface area contributed by atoms with Crippen molar-refractivity contribution in [1.29, 1.82) is 0 Å². The summed E-state index contributed by atoms with van der Waals surface area (Å²) in [5, 5.41) is 14.9. The summed E-state index contributed by atoms with van der Waals surface area (Å²) in [6, 6.07) is 7.24. The molecule has 0 bridgehead atoms. The zero-order valence-electron chi connectivity index (χ0n) is 10.3. The molecule has 5 heteroatoms. The fourth-order valence-electron chi connectivity index (χ4n) is 1.79. The normalized spacial score (nSPS) is 12.6. The van der Waals surface area contributed by atoms with Gasteiger partial charge in [0.25, 0.3) is 0 Å². The van der Waals surface area contributed by atoms with E-state index in [1.54, 1.807) is 11.3 Å². The van der Waals surface area contributed by atoms with E-state index in [-0.39, 0.29) is 12.1 Å². The third-order valence-corrected chi connectivity index (χ3v) is 3.72. The molecule has 0 saturated carbocycles. The van der Waals surface area contributed by atoms with Crippen molar-refractivity contribution >= 4 is 11.3 Å². The maximum atomic E-state index is 13.4. The summed E-state index contributed by atoms with van der Waals surface area (Å²) in [7, 11) is 0. The lowest BCUT2D eigenvalue weighted by Gasteiger charge is -2.12. The molecule has 2 aromatic rings. The van der Waals surface area contributed by atoms with Crippen LogP contribution in [-0.2, 0) is 6.42 Å². The Kier molecular flexibility index (Phi) is 5.01. The van der Waals surface area contributed by atoms with E-state index in [1.165, 1.54) is 10.9 Å². The van der Waals surface area contributed by atoms with Crippen LogP contribution >= 0.6 is 11.3 Å². The highest BCUT2D eigenvalue weighted by Crippen LogP contribution is 2.17. The quantitative estimate of drug-likeness (QED) is 0.799. The second-order valence-electron chi connectivity index (χ2n) is 4.22. The van der Waals surface area contributed by atoms with Crippen molar-refractivity contribution in [3.8, 4) is 0 Å². The molecule has 102 valence electrons. The molecule has 1 unspecified atom stereocenters. The second-order valence-corrected chi connectivity index (χ2v) is 5.25. The van der Waals surface area contributed by atoms with Gasteiger partial charge in [-0.15, -0.1) is 11.3 Å². The van der Waals surface area contributed by atoms with Crippen LogP contribution in [0.1, 0.15) is 16.5 Å². The molecule has 0 amide bonds. The number of hydrogen-bond donors (Lipinski definition) is 2. The molecule has 1 heterocycles. The first-order valence-corrected chi connectivity index (χ1v) is 6.91. The lowest BCUT2D eigenvalue weighted by Crippen LogP contribution is -2.24. The zero-order chi connectivity index (χ0) is 13.7. The summed E-state index contributed by atoms with van der Waals surface area (Å²) in [5.41, 5.74) is 0.116. The van der Waals surface area contributed by atoms with Crippen LogP contribution in [0.4, 0.5) is 8.78 Å². The molecule has 0 aliphatic rings. The summed E-state index contributed by atoms with van der Waals surface area (Å²) in [6.07, 6.45) is -0.0973. The number of rotatable bonds is 6. The average Bonchev–Trinajstić information content (AvgIpc) is 2.87. The van der Waals surface area contributed by atoms with Gasteiger partial charge in [0.05, 0.1) is 6.10 Å². The van der Waals surface area contributed by atoms with Gasteiger partial charge in [0.15, 0.2) is 0 Å². The molecule has 2 N–H and O–H groups in total. The molecule has 0 fully saturated rings. The largest absolute Gasteiger partial charge is 0.387 e. The van der Waals surface area contributed by atoms with Crippen molar-refractivity contribution in [3.05, 3.63) is 57.8 Å². The Morgan fingerprint density at radius 3 is 2.79 bits per heavy atom. The molecule has 0 aliphatic heterocycles. The Bertz CT molecular complexity index is 516. The average molecular weight is 283 g/mol. The number of halogens is 2. The molecule has 0 aliphatic carbocycles. The molecule has 1 atom stereocenters. The summed E-state index contributed by atoms with van der Waals surface area (Å²) in [4.78, 5) is 1.26. The summed E-state index contributed by atoms with van der Waals surface area (Å²) in [6.45, 7) is 0.953. The van der Waals surface area contributed by atoms with Gasteiger partial charge < -0.3 is 10.4 Å². The maximum absolute atomic E-state index is 13.4. The first-order chi connectivity index (χ1) is 9.16. The standard InChI is InChI=1S/C14H15F2NOS/c15-10-3-4-12(13(16)8-10)14(18)9-17-6-5-11-2-1-7-19-11/h1-4,7-8,14,17-18H,5-6,9H2. The Hall–Kier alpha value is -1.30. The highest BCUT2D eigenvalue weighted by atomic mass is 32.1. The number of nitrogens with one attached hydrogen (secondary N) is 1. The van der Waals surface area contributed by atoms with Gasteiger partial charge in [0.2, 0.25) is 0 Å². The van der Waals surface area contributed by atoms with Crippen LogP contribution in [0.2, 0.25) is 0 Å². The lowest BCUT2D eigenvalue weighted by molar-refractivity contribution is 0.170. The van der Waals surface area contributed by atoms with E-state index in [0.717, 1.165) is 18.6 Å². The highest BCUT2D eigenvalue weighted by molar-refractivity contribution is 7.09. The van der Waals surface area contributed by atoms with Crippen LogP contribution in [0.5, 0.6) is 0 Å². The van der Waals surface area contributed by atoms with Crippen LogP contribution in [0.25, 0.3) is 0 Å². The molecule has 2 rings (SSSR count). The van der Waals surface area contributed by atoms with Crippen molar-refractivity contribution in [2.45, 2.75) is 12.5 Å². The number of hydrogen-bond acceptors (Lipinski definition) is 3. The van der Waals surface area contributed by atoms with E-state index in [4.69, 9.17) is 0 Å². The third kappa shape index (κ3) is 4.09. The van der Waals surface area contributed by atoms with Gasteiger partial charge in [-0.3, -0.25) is 0 Å². The Morgan fingerprint density at radius 2 is 2.11 bits per heavy atom. The summed E-state index contributed by atoms with van der Waals surface area (Å²) >= 11 is 1.68. The van der Waals surface area contributed by atoms with Gasteiger partial charge >= 0.3 is 0 Å². The molecule has 1 aromatic heterocycles. The molecular weight excluding hydrogens is 268 g/mol. The zero-order valence-corrected chi connectivity index (χ0v) is 11.1. The van der Waals surface area contributed by atoms with Crippen molar-refractivity contribution in [2.24, 2.45) is 0 Å². The van der Waals surface area contributed by atoms with Crippen LogP contribution in [-0.4, -0.2) is 18.2 Å². The Morgan fingerprint density at radius 1 is 1.26 bits per heavy atom. The first kappa shape index (κ1) is 14.1. The minimum absolute atomic E-state index is 0.116. The minimum atomic E-state index is -0.969. The van der Waals surface area contributed by atoms with E-state index in [1.807, 2.05) is 17.5 Å². The van der Waals surface area contributed by atoms with Crippen molar-refractivity contribution in [2.75, 3.05) is 13.1 Å². The minimum Gasteiger partial charge on any atom is -0.387 e. The third-order valence-electron chi connectivity index (χ3n) is 2.79. The van der Waals surface area contributed by atoms with Crippen molar-refractivity contribution in [3.63, 3.8) is 0 Å². The van der Waals surface area contributed by atoms with Gasteiger partial charge in [-0.1, -0.05) is 12.1 Å². The molecule has 0 spiro atoms. The second kappa shape index (κ2) is 6.75. The number of thiophene rings is 1. The van der Waals surface area contributed by atoms with E-state index in [0.29, 0.717) is 6.54 Å². The van der Waals surface area contributed by atoms with Gasteiger partial charge in [-0.05, 0) is 23.9 Å². The van der Waals surface area contributed by atoms with Gasteiger partial charge in [0.1, 0.15) is 11.6 Å². The van der Waals surface area contributed by atoms with Gasteiger partial charge in [0, 0.05) is 29.6 Å². The Balaban J connectivity index is 1.79. The lowest BCUT2D eigenvalue weighted by atomic mass is 10.1.